The van der Waals surface area contributed by atoms with Crippen LogP contribution < -0.4 is 5.32 Å². The molecule has 0 aromatic carbocycles. The second-order valence-corrected chi connectivity index (χ2v) is 2.77. The SMILES string of the molecule is C/C=C/C(=O)OCCNCCCC. The Hall–Kier alpha value is -0.830. The second-order valence-electron chi connectivity index (χ2n) is 2.77. The number of carbonyl (C=O) groups excluding carboxylic acids is 1. The lowest BCUT2D eigenvalue weighted by Crippen LogP contribution is -2.21. The smallest absolute Gasteiger partial charge is 0.330 e. The van der Waals surface area contributed by atoms with E-state index in [0.29, 0.717) is 6.61 Å². The Morgan fingerprint density at radius 2 is 2.23 bits per heavy atom. The van der Waals surface area contributed by atoms with Gasteiger partial charge in [-0.1, -0.05) is 19.4 Å². The third kappa shape index (κ3) is 9.08. The van der Waals surface area contributed by atoms with Gasteiger partial charge in [-0.15, -0.1) is 0 Å². The standard InChI is InChI=1S/C10H19NO2/c1-3-5-7-11-8-9-13-10(12)6-4-2/h4,6,11H,3,5,7-9H2,1-2H3/b6-4+. The lowest BCUT2D eigenvalue weighted by molar-refractivity contribution is -0.137. The minimum Gasteiger partial charge on any atom is -0.461 e. The molecule has 0 heterocycles. The molecule has 0 rings (SSSR count). The van der Waals surface area contributed by atoms with Gasteiger partial charge in [0.25, 0.3) is 0 Å². The Bertz CT molecular complexity index is 155. The van der Waals surface area contributed by atoms with Gasteiger partial charge in [0.2, 0.25) is 0 Å². The lowest BCUT2D eigenvalue weighted by Gasteiger charge is -2.03. The first-order valence-corrected chi connectivity index (χ1v) is 4.81. The average molecular weight is 185 g/mol. The summed E-state index contributed by atoms with van der Waals surface area (Å²) in [6.07, 6.45) is 5.45. The molecule has 3 nitrogen and oxygen atoms in total. The molecule has 0 amide bonds. The zero-order valence-corrected chi connectivity index (χ0v) is 8.51. The van der Waals surface area contributed by atoms with Crippen molar-refractivity contribution in [3.8, 4) is 0 Å². The second kappa shape index (κ2) is 9.26. The fraction of sp³-hybridized carbons (Fsp3) is 0.700. The van der Waals surface area contributed by atoms with E-state index in [1.165, 1.54) is 18.9 Å². The van der Waals surface area contributed by atoms with Gasteiger partial charge in [-0.25, -0.2) is 4.79 Å². The van der Waals surface area contributed by atoms with Crippen molar-refractivity contribution in [3.05, 3.63) is 12.2 Å². The van der Waals surface area contributed by atoms with Crippen LogP contribution >= 0.6 is 0 Å². The molecule has 0 aromatic heterocycles. The molecule has 0 unspecified atom stereocenters. The minimum absolute atomic E-state index is 0.264. The summed E-state index contributed by atoms with van der Waals surface area (Å²) in [7, 11) is 0. The number of hydrogen-bond acceptors (Lipinski definition) is 3. The summed E-state index contributed by atoms with van der Waals surface area (Å²) in [4.78, 5) is 10.8. The van der Waals surface area contributed by atoms with Crippen molar-refractivity contribution in [1.82, 2.24) is 5.32 Å². The summed E-state index contributed by atoms with van der Waals surface area (Å²) in [6.45, 7) is 6.13. The molecule has 0 saturated heterocycles. The van der Waals surface area contributed by atoms with Gasteiger partial charge in [0.15, 0.2) is 0 Å². The van der Waals surface area contributed by atoms with Crippen molar-refractivity contribution >= 4 is 5.97 Å². The normalized spacial score (nSPS) is 10.6. The van der Waals surface area contributed by atoms with Crippen molar-refractivity contribution in [2.45, 2.75) is 26.7 Å². The van der Waals surface area contributed by atoms with E-state index in [1.54, 1.807) is 13.0 Å². The van der Waals surface area contributed by atoms with Crippen molar-refractivity contribution in [1.29, 1.82) is 0 Å². The number of hydrogen-bond donors (Lipinski definition) is 1. The van der Waals surface area contributed by atoms with E-state index in [-0.39, 0.29) is 5.97 Å². The van der Waals surface area contributed by atoms with E-state index < -0.39 is 0 Å². The third-order valence-corrected chi connectivity index (χ3v) is 1.53. The highest BCUT2D eigenvalue weighted by molar-refractivity contribution is 5.81. The number of rotatable bonds is 7. The van der Waals surface area contributed by atoms with E-state index in [9.17, 15) is 4.79 Å². The van der Waals surface area contributed by atoms with E-state index in [1.807, 2.05) is 0 Å². The van der Waals surface area contributed by atoms with E-state index in [0.717, 1.165) is 13.1 Å². The third-order valence-electron chi connectivity index (χ3n) is 1.53. The largest absolute Gasteiger partial charge is 0.461 e. The molecule has 3 heteroatoms. The highest BCUT2D eigenvalue weighted by atomic mass is 16.5. The van der Waals surface area contributed by atoms with Crippen LogP contribution in [-0.2, 0) is 9.53 Å². The quantitative estimate of drug-likeness (QED) is 0.371. The monoisotopic (exact) mass is 185 g/mol. The van der Waals surface area contributed by atoms with Gasteiger partial charge in [0.1, 0.15) is 6.61 Å². The fourth-order valence-electron chi connectivity index (χ4n) is 0.835. The molecule has 0 bridgehead atoms. The van der Waals surface area contributed by atoms with Gasteiger partial charge in [-0.05, 0) is 19.9 Å². The number of esters is 1. The van der Waals surface area contributed by atoms with Crippen LogP contribution in [0.4, 0.5) is 0 Å². The Labute approximate surface area is 80.2 Å². The average Bonchev–Trinajstić information content (AvgIpc) is 2.11. The highest BCUT2D eigenvalue weighted by Gasteiger charge is 1.94. The molecule has 0 aliphatic heterocycles. The van der Waals surface area contributed by atoms with Crippen LogP contribution in [0.1, 0.15) is 26.7 Å². The predicted molar refractivity (Wildman–Crippen MR) is 53.6 cm³/mol. The van der Waals surface area contributed by atoms with Crippen molar-refractivity contribution in [2.24, 2.45) is 0 Å². The van der Waals surface area contributed by atoms with Crippen molar-refractivity contribution in [3.63, 3.8) is 0 Å². The summed E-state index contributed by atoms with van der Waals surface area (Å²) in [5.41, 5.74) is 0. The summed E-state index contributed by atoms with van der Waals surface area (Å²) >= 11 is 0. The molecular weight excluding hydrogens is 166 g/mol. The summed E-state index contributed by atoms with van der Waals surface area (Å²) in [5, 5.41) is 3.18. The van der Waals surface area contributed by atoms with Crippen LogP contribution in [0.5, 0.6) is 0 Å². The molecule has 1 N–H and O–H groups in total. The van der Waals surface area contributed by atoms with Gasteiger partial charge in [0.05, 0.1) is 0 Å². The zero-order chi connectivity index (χ0) is 9.94. The van der Waals surface area contributed by atoms with E-state index in [4.69, 9.17) is 4.74 Å². The lowest BCUT2D eigenvalue weighted by atomic mass is 10.3. The molecule has 0 atom stereocenters. The fourth-order valence-corrected chi connectivity index (χ4v) is 0.835. The maximum absolute atomic E-state index is 10.8. The molecule has 0 spiro atoms. The van der Waals surface area contributed by atoms with Crippen LogP contribution in [0, 0.1) is 0 Å². The molecule has 13 heavy (non-hydrogen) atoms. The van der Waals surface area contributed by atoms with Gasteiger partial charge < -0.3 is 10.1 Å². The topological polar surface area (TPSA) is 38.3 Å². The maximum Gasteiger partial charge on any atom is 0.330 e. The molecule has 76 valence electrons. The Balaban J connectivity index is 3.11. The first-order chi connectivity index (χ1) is 6.31. The van der Waals surface area contributed by atoms with E-state index >= 15 is 0 Å². The number of ether oxygens (including phenoxy) is 1. The van der Waals surface area contributed by atoms with Crippen LogP contribution in [0.2, 0.25) is 0 Å². The predicted octanol–water partition coefficient (Wildman–Crippen LogP) is 1.50. The van der Waals surface area contributed by atoms with Crippen molar-refractivity contribution in [2.75, 3.05) is 19.7 Å². The zero-order valence-electron chi connectivity index (χ0n) is 8.51. The van der Waals surface area contributed by atoms with Gasteiger partial charge in [0, 0.05) is 12.6 Å². The van der Waals surface area contributed by atoms with Crippen LogP contribution in [0.3, 0.4) is 0 Å². The number of allylic oxidation sites excluding steroid dienone is 1. The maximum atomic E-state index is 10.8. The van der Waals surface area contributed by atoms with Gasteiger partial charge >= 0.3 is 5.97 Å². The minimum atomic E-state index is -0.264. The molecule has 0 radical (unpaired) electrons. The Morgan fingerprint density at radius 1 is 1.46 bits per heavy atom. The molecule has 0 saturated carbocycles. The first kappa shape index (κ1) is 12.2. The van der Waals surface area contributed by atoms with Gasteiger partial charge in [-0.3, -0.25) is 0 Å². The summed E-state index contributed by atoms with van der Waals surface area (Å²) < 4.78 is 4.87. The summed E-state index contributed by atoms with van der Waals surface area (Å²) in [6, 6.07) is 0. The van der Waals surface area contributed by atoms with Gasteiger partial charge in [-0.2, -0.15) is 0 Å². The van der Waals surface area contributed by atoms with E-state index in [2.05, 4.69) is 12.2 Å². The van der Waals surface area contributed by atoms with Crippen LogP contribution in [0.25, 0.3) is 0 Å². The number of carbonyl (C=O) groups is 1. The molecule has 0 aromatic rings. The molecule has 0 fully saturated rings. The Morgan fingerprint density at radius 3 is 2.85 bits per heavy atom. The number of nitrogens with one attached hydrogen (secondary N) is 1. The summed E-state index contributed by atoms with van der Waals surface area (Å²) in [5.74, 6) is -0.264. The first-order valence-electron chi connectivity index (χ1n) is 4.81. The Kier molecular flexibility index (Phi) is 8.67. The number of unbranched alkanes of at least 4 members (excludes halogenated alkanes) is 1. The highest BCUT2D eigenvalue weighted by Crippen LogP contribution is 1.83. The molecule has 0 aliphatic rings. The van der Waals surface area contributed by atoms with Crippen LogP contribution in [-0.4, -0.2) is 25.7 Å². The molecule has 0 aliphatic carbocycles. The van der Waals surface area contributed by atoms with Crippen molar-refractivity contribution < 1.29 is 9.53 Å². The van der Waals surface area contributed by atoms with Crippen LogP contribution in [0.15, 0.2) is 12.2 Å². The molecular formula is C10H19NO2.